The standard InChI is InChI=1S/C12H19NO5/c1-3-12(6-14,7-15)13-5-9-4-10(11(16)17)8(2)18-9/h4,13-15H,3,5-7H2,1-2H3,(H,16,17). The molecule has 4 N–H and O–H groups in total. The normalized spacial score (nSPS) is 11.8. The van der Waals surface area contributed by atoms with Crippen LogP contribution in [0.3, 0.4) is 0 Å². The summed E-state index contributed by atoms with van der Waals surface area (Å²) in [5, 5.41) is 30.4. The third-order valence-electron chi connectivity index (χ3n) is 3.12. The number of hydrogen-bond acceptors (Lipinski definition) is 5. The summed E-state index contributed by atoms with van der Waals surface area (Å²) in [5.74, 6) is -0.229. The van der Waals surface area contributed by atoms with Gasteiger partial charge >= 0.3 is 5.97 Å². The lowest BCUT2D eigenvalue weighted by Crippen LogP contribution is -2.50. The van der Waals surface area contributed by atoms with Crippen LogP contribution in [0.15, 0.2) is 10.5 Å². The van der Waals surface area contributed by atoms with E-state index in [9.17, 15) is 15.0 Å². The SMILES string of the molecule is CCC(CO)(CO)NCc1cc(C(=O)O)c(C)o1. The molecule has 1 aromatic heterocycles. The van der Waals surface area contributed by atoms with Crippen LogP contribution in [0, 0.1) is 6.92 Å². The number of furan rings is 1. The highest BCUT2D eigenvalue weighted by Gasteiger charge is 2.26. The monoisotopic (exact) mass is 257 g/mol. The number of aryl methyl sites for hydroxylation is 1. The van der Waals surface area contributed by atoms with E-state index in [1.165, 1.54) is 6.07 Å². The Morgan fingerprint density at radius 1 is 1.44 bits per heavy atom. The van der Waals surface area contributed by atoms with Gasteiger partial charge in [-0.25, -0.2) is 4.79 Å². The third-order valence-corrected chi connectivity index (χ3v) is 3.12. The van der Waals surface area contributed by atoms with Gasteiger partial charge in [-0.1, -0.05) is 6.92 Å². The summed E-state index contributed by atoms with van der Waals surface area (Å²) in [7, 11) is 0. The average molecular weight is 257 g/mol. The second-order valence-electron chi connectivity index (χ2n) is 4.29. The molecule has 0 spiro atoms. The number of nitrogens with one attached hydrogen (secondary N) is 1. The Bertz CT molecular complexity index is 400. The van der Waals surface area contributed by atoms with Crippen LogP contribution in [0.1, 0.15) is 35.2 Å². The molecule has 102 valence electrons. The van der Waals surface area contributed by atoms with Crippen LogP contribution >= 0.6 is 0 Å². The molecule has 0 aliphatic carbocycles. The molecule has 0 fully saturated rings. The molecule has 1 heterocycles. The maximum absolute atomic E-state index is 10.8. The zero-order valence-electron chi connectivity index (χ0n) is 10.6. The quantitative estimate of drug-likeness (QED) is 0.567. The number of rotatable bonds is 7. The van der Waals surface area contributed by atoms with Crippen LogP contribution in [0.4, 0.5) is 0 Å². The fourth-order valence-corrected chi connectivity index (χ4v) is 1.63. The molecule has 1 aromatic rings. The molecule has 0 saturated heterocycles. The maximum Gasteiger partial charge on any atom is 0.339 e. The average Bonchev–Trinajstić information content (AvgIpc) is 2.73. The molecule has 0 amide bonds. The predicted molar refractivity (Wildman–Crippen MR) is 64.4 cm³/mol. The molecular weight excluding hydrogens is 238 g/mol. The van der Waals surface area contributed by atoms with Crippen LogP contribution in [0.2, 0.25) is 0 Å². The summed E-state index contributed by atoms with van der Waals surface area (Å²) in [4.78, 5) is 10.8. The molecule has 0 atom stereocenters. The van der Waals surface area contributed by atoms with Gasteiger partial charge in [0, 0.05) is 0 Å². The van der Waals surface area contributed by atoms with E-state index in [-0.39, 0.29) is 25.3 Å². The molecule has 0 bridgehead atoms. The van der Waals surface area contributed by atoms with Crippen molar-refractivity contribution in [1.82, 2.24) is 5.32 Å². The first-order valence-corrected chi connectivity index (χ1v) is 5.77. The molecule has 0 unspecified atom stereocenters. The van der Waals surface area contributed by atoms with Crippen LogP contribution < -0.4 is 5.32 Å². The van der Waals surface area contributed by atoms with Gasteiger partial charge in [-0.2, -0.15) is 0 Å². The van der Waals surface area contributed by atoms with Crippen LogP contribution in [0.25, 0.3) is 0 Å². The van der Waals surface area contributed by atoms with Crippen molar-refractivity contribution in [3.8, 4) is 0 Å². The highest BCUT2D eigenvalue weighted by atomic mass is 16.4. The van der Waals surface area contributed by atoms with Crippen molar-refractivity contribution >= 4 is 5.97 Å². The molecule has 0 aliphatic rings. The van der Waals surface area contributed by atoms with E-state index in [1.54, 1.807) is 6.92 Å². The van der Waals surface area contributed by atoms with Gasteiger partial charge in [-0.15, -0.1) is 0 Å². The van der Waals surface area contributed by atoms with Gasteiger partial charge in [0.05, 0.1) is 25.3 Å². The minimum Gasteiger partial charge on any atom is -0.478 e. The third kappa shape index (κ3) is 3.10. The highest BCUT2D eigenvalue weighted by Crippen LogP contribution is 2.16. The Kier molecular flexibility index (Phi) is 4.89. The van der Waals surface area contributed by atoms with Crippen molar-refractivity contribution < 1.29 is 24.5 Å². The molecule has 6 nitrogen and oxygen atoms in total. The van der Waals surface area contributed by atoms with Gasteiger partial charge in [-0.05, 0) is 19.4 Å². The van der Waals surface area contributed by atoms with Crippen molar-refractivity contribution in [2.24, 2.45) is 0 Å². The fraction of sp³-hybridized carbons (Fsp3) is 0.583. The lowest BCUT2D eigenvalue weighted by molar-refractivity contribution is 0.0695. The summed E-state index contributed by atoms with van der Waals surface area (Å²) in [5.41, 5.74) is -0.647. The molecule has 0 saturated carbocycles. The van der Waals surface area contributed by atoms with E-state index in [4.69, 9.17) is 9.52 Å². The smallest absolute Gasteiger partial charge is 0.339 e. The second-order valence-corrected chi connectivity index (χ2v) is 4.29. The number of aliphatic hydroxyl groups is 2. The van der Waals surface area contributed by atoms with Crippen molar-refractivity contribution in [3.63, 3.8) is 0 Å². The Hall–Kier alpha value is -1.37. The van der Waals surface area contributed by atoms with E-state index in [0.717, 1.165) is 0 Å². The van der Waals surface area contributed by atoms with E-state index >= 15 is 0 Å². The summed E-state index contributed by atoms with van der Waals surface area (Å²) in [6, 6.07) is 1.44. The molecule has 18 heavy (non-hydrogen) atoms. The summed E-state index contributed by atoms with van der Waals surface area (Å²) in [6.07, 6.45) is 0.547. The van der Waals surface area contributed by atoms with Crippen molar-refractivity contribution in [1.29, 1.82) is 0 Å². The molecular formula is C12H19NO5. The maximum atomic E-state index is 10.8. The Balaban J connectivity index is 2.74. The molecule has 6 heteroatoms. The first-order chi connectivity index (χ1) is 8.48. The minimum atomic E-state index is -1.03. The van der Waals surface area contributed by atoms with Crippen LogP contribution in [-0.2, 0) is 6.54 Å². The van der Waals surface area contributed by atoms with Gasteiger partial charge in [0.2, 0.25) is 0 Å². The number of hydrogen-bond donors (Lipinski definition) is 4. The van der Waals surface area contributed by atoms with Gasteiger partial charge < -0.3 is 25.1 Å². The highest BCUT2D eigenvalue weighted by molar-refractivity contribution is 5.88. The van der Waals surface area contributed by atoms with Crippen LogP contribution in [-0.4, -0.2) is 40.0 Å². The lowest BCUT2D eigenvalue weighted by atomic mass is 9.98. The van der Waals surface area contributed by atoms with Gasteiger partial charge in [0.15, 0.2) is 0 Å². The molecule has 1 rings (SSSR count). The van der Waals surface area contributed by atoms with Crippen molar-refractivity contribution in [2.45, 2.75) is 32.4 Å². The fourth-order valence-electron chi connectivity index (χ4n) is 1.63. The number of carbonyl (C=O) groups is 1. The number of carboxylic acid groups (broad SMARTS) is 1. The Labute approximate surface area is 105 Å². The second kappa shape index (κ2) is 5.99. The van der Waals surface area contributed by atoms with E-state index < -0.39 is 11.5 Å². The zero-order chi connectivity index (χ0) is 13.8. The molecule has 0 aromatic carbocycles. The predicted octanol–water partition coefficient (Wildman–Crippen LogP) is 0.509. The Morgan fingerprint density at radius 3 is 2.44 bits per heavy atom. The topological polar surface area (TPSA) is 103 Å². The summed E-state index contributed by atoms with van der Waals surface area (Å²) < 4.78 is 5.30. The van der Waals surface area contributed by atoms with Gasteiger partial charge in [0.1, 0.15) is 17.1 Å². The number of aliphatic hydroxyl groups excluding tert-OH is 2. The first-order valence-electron chi connectivity index (χ1n) is 5.77. The Morgan fingerprint density at radius 2 is 2.06 bits per heavy atom. The van der Waals surface area contributed by atoms with Crippen LogP contribution in [0.5, 0.6) is 0 Å². The van der Waals surface area contributed by atoms with Crippen molar-refractivity contribution in [2.75, 3.05) is 13.2 Å². The van der Waals surface area contributed by atoms with E-state index in [1.807, 2.05) is 6.92 Å². The zero-order valence-corrected chi connectivity index (χ0v) is 10.6. The minimum absolute atomic E-state index is 0.127. The van der Waals surface area contributed by atoms with E-state index in [2.05, 4.69) is 5.32 Å². The molecule has 0 aliphatic heterocycles. The molecule has 0 radical (unpaired) electrons. The van der Waals surface area contributed by atoms with Crippen molar-refractivity contribution in [3.05, 3.63) is 23.2 Å². The summed E-state index contributed by atoms with van der Waals surface area (Å²) in [6.45, 7) is 3.27. The van der Waals surface area contributed by atoms with Gasteiger partial charge in [-0.3, -0.25) is 0 Å². The van der Waals surface area contributed by atoms with Gasteiger partial charge in [0.25, 0.3) is 0 Å². The van der Waals surface area contributed by atoms with E-state index in [0.29, 0.717) is 17.9 Å². The summed E-state index contributed by atoms with van der Waals surface area (Å²) >= 11 is 0. The first kappa shape index (κ1) is 14.7. The largest absolute Gasteiger partial charge is 0.478 e. The number of carboxylic acids is 1. The lowest BCUT2D eigenvalue weighted by Gasteiger charge is -2.29. The number of aromatic carboxylic acids is 1.